The molecule has 17 heavy (non-hydrogen) atoms. The molecule has 2 rings (SSSR count). The molecule has 1 heterocycles. The van der Waals surface area contributed by atoms with Gasteiger partial charge in [0.05, 0.1) is 17.6 Å². The maximum Gasteiger partial charge on any atom is 0.150 e. The average molecular weight is 261 g/mol. The van der Waals surface area contributed by atoms with Gasteiger partial charge in [-0.25, -0.2) is 8.42 Å². The van der Waals surface area contributed by atoms with E-state index in [1.165, 1.54) is 0 Å². The van der Waals surface area contributed by atoms with Crippen molar-refractivity contribution in [2.75, 3.05) is 18.1 Å². The molecule has 1 aliphatic heterocycles. The lowest BCUT2D eigenvalue weighted by atomic mass is 9.69. The van der Waals surface area contributed by atoms with Crippen LogP contribution in [-0.4, -0.2) is 37.7 Å². The van der Waals surface area contributed by atoms with Gasteiger partial charge in [0.1, 0.15) is 0 Å². The first-order valence-corrected chi connectivity index (χ1v) is 8.14. The van der Waals surface area contributed by atoms with E-state index in [0.717, 1.165) is 12.8 Å². The third-order valence-electron chi connectivity index (χ3n) is 4.95. The van der Waals surface area contributed by atoms with Crippen LogP contribution in [0.2, 0.25) is 0 Å². The first kappa shape index (κ1) is 13.3. The normalized spacial score (nSPS) is 44.0. The second kappa shape index (κ2) is 3.93. The van der Waals surface area contributed by atoms with Crippen molar-refractivity contribution in [3.05, 3.63) is 0 Å². The number of rotatable bonds is 2. The summed E-state index contributed by atoms with van der Waals surface area (Å²) in [6.07, 6.45) is 1.94. The molecule has 0 radical (unpaired) electrons. The second-order valence-corrected chi connectivity index (χ2v) is 8.66. The molecule has 1 aliphatic carbocycles. The molecule has 0 bridgehead atoms. The number of hydrogen-bond acceptors (Lipinski definition) is 4. The van der Waals surface area contributed by atoms with E-state index in [0.29, 0.717) is 13.0 Å². The summed E-state index contributed by atoms with van der Waals surface area (Å²) in [4.78, 5) is 0. The van der Waals surface area contributed by atoms with Gasteiger partial charge >= 0.3 is 0 Å². The van der Waals surface area contributed by atoms with Crippen LogP contribution in [0, 0.1) is 16.7 Å². The van der Waals surface area contributed by atoms with Gasteiger partial charge in [-0.3, -0.25) is 0 Å². The number of sulfone groups is 1. The van der Waals surface area contributed by atoms with Crippen molar-refractivity contribution in [1.82, 2.24) is 0 Å². The molecule has 3 atom stereocenters. The Balaban J connectivity index is 2.28. The molecule has 2 aliphatic rings. The van der Waals surface area contributed by atoms with Crippen molar-refractivity contribution in [1.29, 1.82) is 0 Å². The van der Waals surface area contributed by atoms with E-state index >= 15 is 0 Å². The molecule has 0 aromatic rings. The lowest BCUT2D eigenvalue weighted by molar-refractivity contribution is -0.0313. The monoisotopic (exact) mass is 261 g/mol. The van der Waals surface area contributed by atoms with Crippen LogP contribution in [0.5, 0.6) is 0 Å². The number of aliphatic hydroxyl groups is 1. The largest absolute Gasteiger partial charge is 0.392 e. The van der Waals surface area contributed by atoms with Crippen molar-refractivity contribution in [3.8, 4) is 0 Å². The molecule has 0 spiro atoms. The zero-order valence-electron chi connectivity index (χ0n) is 10.6. The minimum Gasteiger partial charge on any atom is -0.392 e. The van der Waals surface area contributed by atoms with Crippen LogP contribution in [0.25, 0.3) is 0 Å². The van der Waals surface area contributed by atoms with Crippen molar-refractivity contribution in [2.24, 2.45) is 22.5 Å². The maximum absolute atomic E-state index is 11.6. The van der Waals surface area contributed by atoms with Gasteiger partial charge < -0.3 is 10.8 Å². The SMILES string of the molecule is CC1(C)CCC(CN)(C2CCS(=O)(=O)C2)C1O. The van der Waals surface area contributed by atoms with E-state index in [-0.39, 0.29) is 28.3 Å². The zero-order valence-corrected chi connectivity index (χ0v) is 11.5. The van der Waals surface area contributed by atoms with Crippen LogP contribution in [0.4, 0.5) is 0 Å². The first-order valence-electron chi connectivity index (χ1n) is 6.32. The summed E-state index contributed by atoms with van der Waals surface area (Å²) in [5, 5.41) is 10.5. The third kappa shape index (κ3) is 2.02. The molecule has 2 fully saturated rings. The van der Waals surface area contributed by atoms with E-state index in [1.807, 2.05) is 13.8 Å². The molecule has 3 unspecified atom stereocenters. The fourth-order valence-corrected chi connectivity index (χ4v) is 5.58. The van der Waals surface area contributed by atoms with Crippen molar-refractivity contribution in [3.63, 3.8) is 0 Å². The van der Waals surface area contributed by atoms with Crippen LogP contribution in [0.3, 0.4) is 0 Å². The van der Waals surface area contributed by atoms with Crippen LogP contribution in [0.1, 0.15) is 33.1 Å². The Labute approximate surface area is 104 Å². The Hall–Kier alpha value is -0.130. The van der Waals surface area contributed by atoms with Gasteiger partial charge in [-0.2, -0.15) is 0 Å². The molecule has 1 saturated carbocycles. The van der Waals surface area contributed by atoms with Gasteiger partial charge in [0, 0.05) is 12.0 Å². The van der Waals surface area contributed by atoms with Crippen molar-refractivity contribution < 1.29 is 13.5 Å². The van der Waals surface area contributed by atoms with Gasteiger partial charge in [-0.15, -0.1) is 0 Å². The summed E-state index contributed by atoms with van der Waals surface area (Å²) in [5.41, 5.74) is 5.36. The van der Waals surface area contributed by atoms with Crippen LogP contribution >= 0.6 is 0 Å². The lowest BCUT2D eigenvalue weighted by Crippen LogP contribution is -2.48. The highest BCUT2D eigenvalue weighted by Gasteiger charge is 2.56. The summed E-state index contributed by atoms with van der Waals surface area (Å²) in [6, 6.07) is 0. The van der Waals surface area contributed by atoms with Crippen molar-refractivity contribution >= 4 is 9.84 Å². The highest BCUT2D eigenvalue weighted by molar-refractivity contribution is 7.91. The van der Waals surface area contributed by atoms with E-state index in [2.05, 4.69) is 0 Å². The molecule has 1 saturated heterocycles. The van der Waals surface area contributed by atoms with Gasteiger partial charge in [0.15, 0.2) is 9.84 Å². The molecule has 5 heteroatoms. The van der Waals surface area contributed by atoms with Gasteiger partial charge in [0.25, 0.3) is 0 Å². The number of aliphatic hydroxyl groups excluding tert-OH is 1. The predicted octanol–water partition coefficient (Wildman–Crippen LogP) is 0.547. The predicted molar refractivity (Wildman–Crippen MR) is 67.3 cm³/mol. The molecule has 100 valence electrons. The highest BCUT2D eigenvalue weighted by Crippen LogP contribution is 2.54. The maximum atomic E-state index is 11.6. The summed E-state index contributed by atoms with van der Waals surface area (Å²) in [6.45, 7) is 4.47. The number of nitrogens with two attached hydrogens (primary N) is 1. The fraction of sp³-hybridized carbons (Fsp3) is 1.00. The van der Waals surface area contributed by atoms with Crippen LogP contribution in [-0.2, 0) is 9.84 Å². The average Bonchev–Trinajstić information content (AvgIpc) is 2.70. The van der Waals surface area contributed by atoms with E-state index < -0.39 is 15.9 Å². The Morgan fingerprint density at radius 2 is 2.00 bits per heavy atom. The molecule has 0 aromatic heterocycles. The first-order chi connectivity index (χ1) is 7.73. The van der Waals surface area contributed by atoms with Crippen molar-refractivity contribution in [2.45, 2.75) is 39.2 Å². The van der Waals surface area contributed by atoms with Gasteiger partial charge in [-0.05, 0) is 30.6 Å². The summed E-state index contributed by atoms with van der Waals surface area (Å²) < 4.78 is 23.2. The second-order valence-electron chi connectivity index (χ2n) is 6.43. The Kier molecular flexibility index (Phi) is 3.08. The summed E-state index contributed by atoms with van der Waals surface area (Å²) in [7, 11) is -2.91. The van der Waals surface area contributed by atoms with E-state index in [1.54, 1.807) is 0 Å². The van der Waals surface area contributed by atoms with Crippen LogP contribution in [0.15, 0.2) is 0 Å². The Bertz CT molecular complexity index is 404. The number of hydrogen-bond donors (Lipinski definition) is 2. The molecular formula is C12H23NO3S. The highest BCUT2D eigenvalue weighted by atomic mass is 32.2. The third-order valence-corrected chi connectivity index (χ3v) is 6.71. The fourth-order valence-electron chi connectivity index (χ4n) is 3.66. The smallest absolute Gasteiger partial charge is 0.150 e. The Morgan fingerprint density at radius 3 is 2.35 bits per heavy atom. The minimum absolute atomic E-state index is 0.0364. The quantitative estimate of drug-likeness (QED) is 0.760. The molecular weight excluding hydrogens is 238 g/mol. The molecule has 3 N–H and O–H groups in total. The molecule has 0 aromatic carbocycles. The van der Waals surface area contributed by atoms with Gasteiger partial charge in [0.2, 0.25) is 0 Å². The van der Waals surface area contributed by atoms with E-state index in [9.17, 15) is 13.5 Å². The lowest BCUT2D eigenvalue weighted by Gasteiger charge is -2.40. The van der Waals surface area contributed by atoms with Crippen LogP contribution < -0.4 is 5.73 Å². The van der Waals surface area contributed by atoms with E-state index in [4.69, 9.17) is 5.73 Å². The van der Waals surface area contributed by atoms with Gasteiger partial charge in [-0.1, -0.05) is 13.8 Å². The Morgan fingerprint density at radius 1 is 1.35 bits per heavy atom. The topological polar surface area (TPSA) is 80.4 Å². The summed E-state index contributed by atoms with van der Waals surface area (Å²) in [5.74, 6) is 0.499. The zero-order chi connectivity index (χ0) is 12.9. The summed E-state index contributed by atoms with van der Waals surface area (Å²) >= 11 is 0. The minimum atomic E-state index is -2.91. The molecule has 0 amide bonds. The molecule has 4 nitrogen and oxygen atoms in total. The standard InChI is InChI=1S/C12H23NO3S/c1-11(2)4-5-12(8-13,10(11)14)9-3-6-17(15,16)7-9/h9-10,14H,3-8,13H2,1-2H3.